The first-order valence-corrected chi connectivity index (χ1v) is 12.9. The maximum absolute atomic E-state index is 3.34. The molecule has 0 saturated carbocycles. The van der Waals surface area contributed by atoms with E-state index in [0.29, 0.717) is 11.8 Å². The molecule has 7 heteroatoms. The third kappa shape index (κ3) is 17.8. The topological polar surface area (TPSA) is 0 Å². The Balaban J connectivity index is -0.000000771. The van der Waals surface area contributed by atoms with Gasteiger partial charge in [-0.1, -0.05) is 90.6 Å². The Kier molecular flexibility index (Phi) is 29.2. The van der Waals surface area contributed by atoms with E-state index in [1.807, 2.05) is 85.4 Å². The summed E-state index contributed by atoms with van der Waals surface area (Å²) in [6, 6.07) is 17.8. The first kappa shape index (κ1) is 44.6. The molecule has 0 aliphatic heterocycles. The van der Waals surface area contributed by atoms with Crippen LogP contribution in [0.3, 0.4) is 0 Å². The molecule has 0 bridgehead atoms. The van der Waals surface area contributed by atoms with Gasteiger partial charge in [-0.25, -0.2) is 12.2 Å². The van der Waals surface area contributed by atoms with E-state index in [0.717, 1.165) is 12.8 Å². The Bertz CT molecular complexity index is 1040. The third-order valence-corrected chi connectivity index (χ3v) is 6.62. The number of halogens is 4. The first-order chi connectivity index (χ1) is 17.3. The SMILES string of the molecule is [C+]1=CC=CC1Cc1ccc(Sc2ccc(CC3[C-]=CC=C3)cc2)cc1.[CH]1C=CC=C1.[CH]1C=CC=C1.[Cl-].[Cl-].[Cl-].[Cl-].[Ti+2].[Ti+2]. The van der Waals surface area contributed by atoms with E-state index in [9.17, 15) is 0 Å². The Labute approximate surface area is 306 Å². The van der Waals surface area contributed by atoms with Gasteiger partial charge in [0.2, 0.25) is 0 Å². The summed E-state index contributed by atoms with van der Waals surface area (Å²) in [5.41, 5.74) is 2.73. The number of hydrogen-bond donors (Lipinski definition) is 0. The Hall–Kier alpha value is -0.791. The van der Waals surface area contributed by atoms with Gasteiger partial charge in [-0.15, -0.1) is 0 Å². The van der Waals surface area contributed by atoms with E-state index in [4.69, 9.17) is 0 Å². The molecule has 4 aliphatic rings. The number of allylic oxidation sites excluding steroid dienone is 16. The molecule has 6 rings (SSSR count). The van der Waals surface area contributed by atoms with Crippen molar-refractivity contribution in [3.63, 3.8) is 0 Å². The van der Waals surface area contributed by atoms with Crippen molar-refractivity contribution in [3.8, 4) is 0 Å². The van der Waals surface area contributed by atoms with Crippen molar-refractivity contribution in [2.75, 3.05) is 0 Å². The summed E-state index contributed by atoms with van der Waals surface area (Å²) in [6.07, 6.45) is 41.3. The van der Waals surface area contributed by atoms with E-state index in [1.165, 1.54) is 20.9 Å². The zero-order valence-corrected chi connectivity index (χ0v) is 29.3. The van der Waals surface area contributed by atoms with Gasteiger partial charge in [0.05, 0.1) is 12.2 Å². The Morgan fingerprint density at radius 2 is 1.05 bits per heavy atom. The zero-order chi connectivity index (χ0) is 24.0. The summed E-state index contributed by atoms with van der Waals surface area (Å²) in [6.45, 7) is 0. The summed E-state index contributed by atoms with van der Waals surface area (Å²) in [4.78, 5) is 2.57. The number of benzene rings is 2. The fourth-order valence-corrected chi connectivity index (χ4v) is 4.59. The molecule has 0 aromatic heterocycles. The van der Waals surface area contributed by atoms with Gasteiger partial charge in [0, 0.05) is 35.1 Å². The maximum atomic E-state index is 3.34. The predicted octanol–water partition coefficient (Wildman–Crippen LogP) is -3.34. The predicted molar refractivity (Wildman–Crippen MR) is 150 cm³/mol. The average molecular weight is 708 g/mol. The fourth-order valence-electron chi connectivity index (χ4n) is 3.78. The van der Waals surface area contributed by atoms with Gasteiger partial charge in [-0.3, -0.25) is 6.08 Å². The summed E-state index contributed by atoms with van der Waals surface area (Å²) in [5, 5.41) is 0. The van der Waals surface area contributed by atoms with E-state index in [-0.39, 0.29) is 93.1 Å². The van der Waals surface area contributed by atoms with Crippen molar-refractivity contribution < 1.29 is 93.1 Å². The van der Waals surface area contributed by atoms with Crippen LogP contribution in [0.2, 0.25) is 0 Å². The van der Waals surface area contributed by atoms with Gasteiger partial charge in [0.25, 0.3) is 0 Å². The van der Waals surface area contributed by atoms with Crippen LogP contribution in [0.4, 0.5) is 0 Å². The van der Waals surface area contributed by atoms with Crippen LogP contribution in [0.15, 0.2) is 143 Å². The molecular weight excluding hydrogens is 678 g/mol. The van der Waals surface area contributed by atoms with Crippen LogP contribution in [0, 0.1) is 36.8 Å². The average Bonchev–Trinajstić information content (AvgIpc) is 3.72. The molecule has 0 fully saturated rings. The van der Waals surface area contributed by atoms with Crippen molar-refractivity contribution in [1.29, 1.82) is 0 Å². The summed E-state index contributed by atoms with van der Waals surface area (Å²) >= 11 is 1.82. The largest absolute Gasteiger partial charge is 2.00 e. The summed E-state index contributed by atoms with van der Waals surface area (Å²) in [5.74, 6) is 0.876. The van der Waals surface area contributed by atoms with Crippen molar-refractivity contribution in [1.82, 2.24) is 0 Å². The van der Waals surface area contributed by atoms with Gasteiger partial charge in [0.15, 0.2) is 6.08 Å². The van der Waals surface area contributed by atoms with Crippen LogP contribution >= 0.6 is 11.8 Å². The van der Waals surface area contributed by atoms with Gasteiger partial charge in [-0.2, -0.15) is 6.08 Å². The molecule has 4 aliphatic carbocycles. The maximum Gasteiger partial charge on any atom is 2.00 e. The molecule has 0 amide bonds. The number of rotatable bonds is 6. The van der Waals surface area contributed by atoms with Crippen molar-refractivity contribution in [3.05, 3.63) is 170 Å². The fraction of sp³-hybridized carbons (Fsp3) is 0.118. The van der Waals surface area contributed by atoms with Gasteiger partial charge in [-0.05, 0) is 41.8 Å². The Morgan fingerprint density at radius 3 is 1.41 bits per heavy atom. The van der Waals surface area contributed by atoms with Crippen molar-refractivity contribution >= 4 is 11.8 Å². The van der Waals surface area contributed by atoms with E-state index in [1.54, 1.807) is 0 Å². The van der Waals surface area contributed by atoms with Crippen LogP contribution in [0.25, 0.3) is 0 Å². The molecule has 2 atom stereocenters. The molecule has 2 aromatic carbocycles. The molecule has 2 aromatic rings. The molecule has 0 heterocycles. The molecule has 0 nitrogen and oxygen atoms in total. The smallest absolute Gasteiger partial charge is 1.00 e. The van der Waals surface area contributed by atoms with Crippen LogP contribution in [-0.4, -0.2) is 0 Å². The van der Waals surface area contributed by atoms with Gasteiger partial charge >= 0.3 is 43.4 Å². The van der Waals surface area contributed by atoms with Crippen LogP contribution < -0.4 is 49.6 Å². The second-order valence-corrected chi connectivity index (χ2v) is 9.52. The van der Waals surface area contributed by atoms with Gasteiger partial charge < -0.3 is 49.6 Å². The standard InChI is InChI=1S/C24H20S.2C5H5.4ClH.2Ti/c1-2-6-19(5-1)17-21-9-13-23(14-10-21)25-24-15-11-22(12-16-24)18-20-7-3-4-8-20;2*1-2-4-5-3-1;;;;;;/h1-5,7,9-16,19-20H,17-18H2;2*1-5H;4*1H;;/q;;;;;;;2*+2/p-4. The molecule has 2 unspecified atom stereocenters. The molecule has 2 radical (unpaired) electrons. The molecule has 0 spiro atoms. The van der Waals surface area contributed by atoms with Crippen LogP contribution in [0.5, 0.6) is 0 Å². The van der Waals surface area contributed by atoms with E-state index < -0.39 is 0 Å². The molecule has 0 N–H and O–H groups in total. The molecule has 0 saturated heterocycles. The van der Waals surface area contributed by atoms with E-state index in [2.05, 4.69) is 85.0 Å². The minimum atomic E-state index is 0. The second-order valence-electron chi connectivity index (χ2n) is 8.37. The summed E-state index contributed by atoms with van der Waals surface area (Å²) in [7, 11) is 0. The van der Waals surface area contributed by atoms with Gasteiger partial charge in [0.1, 0.15) is 5.92 Å². The van der Waals surface area contributed by atoms with Crippen LogP contribution in [0.1, 0.15) is 11.1 Å². The summed E-state index contributed by atoms with van der Waals surface area (Å²) < 4.78 is 0. The molecule has 41 heavy (non-hydrogen) atoms. The quantitative estimate of drug-likeness (QED) is 0.224. The Morgan fingerprint density at radius 1 is 0.561 bits per heavy atom. The van der Waals surface area contributed by atoms with Crippen molar-refractivity contribution in [2.24, 2.45) is 11.8 Å². The minimum Gasteiger partial charge on any atom is -1.00 e. The molecule has 208 valence electrons. The van der Waals surface area contributed by atoms with E-state index >= 15 is 0 Å². The van der Waals surface area contributed by atoms with Crippen molar-refractivity contribution in [2.45, 2.75) is 22.6 Å². The zero-order valence-electron chi connectivity index (χ0n) is 22.3. The minimum absolute atomic E-state index is 0. The first-order valence-electron chi connectivity index (χ1n) is 12.1. The molecular formula is C34H30Cl4STi2. The second kappa shape index (κ2) is 26.8. The monoisotopic (exact) mass is 706 g/mol. The third-order valence-electron chi connectivity index (χ3n) is 5.60. The van der Waals surface area contributed by atoms with Crippen LogP contribution in [-0.2, 0) is 56.3 Å². The normalized spacial score (nSPS) is 16.7. The number of hydrogen-bond acceptors (Lipinski definition) is 1.